The van der Waals surface area contributed by atoms with Crippen molar-refractivity contribution in [1.29, 1.82) is 0 Å². The van der Waals surface area contributed by atoms with Gasteiger partial charge >= 0.3 is 5.97 Å². The lowest BCUT2D eigenvalue weighted by Crippen LogP contribution is -2.29. The number of benzene rings is 1. The SMILES string of the molecule is CNC(=O)CCNC(=O)CCc1ccccc1C(=O)O. The minimum atomic E-state index is -0.999. The number of carboxylic acids is 1. The van der Waals surface area contributed by atoms with Crippen LogP contribution in [0.1, 0.15) is 28.8 Å². The van der Waals surface area contributed by atoms with Crippen LogP contribution in [-0.4, -0.2) is 36.5 Å². The Bertz CT molecular complexity index is 500. The molecule has 0 aliphatic rings. The van der Waals surface area contributed by atoms with Gasteiger partial charge in [-0.15, -0.1) is 0 Å². The van der Waals surface area contributed by atoms with Crippen LogP contribution >= 0.6 is 0 Å². The highest BCUT2D eigenvalue weighted by molar-refractivity contribution is 5.89. The lowest BCUT2D eigenvalue weighted by molar-refractivity contribution is -0.122. The standard InChI is InChI=1S/C14H18N2O4/c1-15-12(17)8-9-16-13(18)7-6-10-4-2-3-5-11(10)14(19)20/h2-5H,6-9H2,1H3,(H,15,17)(H,16,18)(H,19,20). The van der Waals surface area contributed by atoms with Gasteiger partial charge in [-0.2, -0.15) is 0 Å². The molecule has 3 N–H and O–H groups in total. The van der Waals surface area contributed by atoms with Crippen molar-refractivity contribution in [3.8, 4) is 0 Å². The Morgan fingerprint density at radius 3 is 2.45 bits per heavy atom. The summed E-state index contributed by atoms with van der Waals surface area (Å²) in [5.41, 5.74) is 0.840. The van der Waals surface area contributed by atoms with Gasteiger partial charge in [-0.3, -0.25) is 9.59 Å². The maximum absolute atomic E-state index is 11.6. The number of aryl methyl sites for hydroxylation is 1. The third-order valence-corrected chi connectivity index (χ3v) is 2.82. The third-order valence-electron chi connectivity index (χ3n) is 2.82. The first kappa shape index (κ1) is 15.7. The predicted molar refractivity (Wildman–Crippen MR) is 73.4 cm³/mol. The topological polar surface area (TPSA) is 95.5 Å². The number of carbonyl (C=O) groups is 3. The summed E-state index contributed by atoms with van der Waals surface area (Å²) < 4.78 is 0. The fourth-order valence-electron chi connectivity index (χ4n) is 1.72. The van der Waals surface area contributed by atoms with Gasteiger partial charge in [0, 0.05) is 26.4 Å². The molecule has 1 rings (SSSR count). The van der Waals surface area contributed by atoms with Crippen LogP contribution in [0.4, 0.5) is 0 Å². The lowest BCUT2D eigenvalue weighted by Gasteiger charge is -2.07. The first-order valence-corrected chi connectivity index (χ1v) is 6.33. The highest BCUT2D eigenvalue weighted by Gasteiger charge is 2.10. The number of amides is 2. The third kappa shape index (κ3) is 5.09. The zero-order chi connectivity index (χ0) is 15.0. The molecule has 0 unspecified atom stereocenters. The summed E-state index contributed by atoms with van der Waals surface area (Å²) in [5, 5.41) is 14.1. The van der Waals surface area contributed by atoms with Crippen LogP contribution in [0.3, 0.4) is 0 Å². The van der Waals surface area contributed by atoms with Gasteiger partial charge in [-0.1, -0.05) is 18.2 Å². The molecule has 0 bridgehead atoms. The van der Waals surface area contributed by atoms with E-state index in [1.54, 1.807) is 18.2 Å². The molecule has 108 valence electrons. The number of nitrogens with one attached hydrogen (secondary N) is 2. The number of carbonyl (C=O) groups excluding carboxylic acids is 2. The normalized spacial score (nSPS) is 9.85. The summed E-state index contributed by atoms with van der Waals surface area (Å²) in [6, 6.07) is 6.60. The van der Waals surface area contributed by atoms with Crippen molar-refractivity contribution >= 4 is 17.8 Å². The van der Waals surface area contributed by atoms with E-state index >= 15 is 0 Å². The predicted octanol–water partition coefficient (Wildman–Crippen LogP) is 0.570. The van der Waals surface area contributed by atoms with E-state index < -0.39 is 5.97 Å². The van der Waals surface area contributed by atoms with E-state index in [1.165, 1.54) is 13.1 Å². The average molecular weight is 278 g/mol. The van der Waals surface area contributed by atoms with Gasteiger partial charge in [0.05, 0.1) is 5.56 Å². The number of carboxylic acid groups (broad SMARTS) is 1. The molecule has 6 heteroatoms. The van der Waals surface area contributed by atoms with Crippen LogP contribution in [-0.2, 0) is 16.0 Å². The van der Waals surface area contributed by atoms with E-state index in [2.05, 4.69) is 10.6 Å². The van der Waals surface area contributed by atoms with E-state index in [-0.39, 0.29) is 36.8 Å². The van der Waals surface area contributed by atoms with Crippen LogP contribution < -0.4 is 10.6 Å². The first-order valence-electron chi connectivity index (χ1n) is 6.33. The second kappa shape index (κ2) is 7.93. The molecule has 0 aromatic heterocycles. The number of hydrogen-bond acceptors (Lipinski definition) is 3. The second-order valence-corrected chi connectivity index (χ2v) is 4.24. The van der Waals surface area contributed by atoms with Crippen LogP contribution in [0.15, 0.2) is 24.3 Å². The molecule has 0 spiro atoms. The molecule has 0 saturated heterocycles. The summed E-state index contributed by atoms with van der Waals surface area (Å²) >= 11 is 0. The molecule has 0 aliphatic carbocycles. The molecule has 0 saturated carbocycles. The van der Waals surface area contributed by atoms with Crippen molar-refractivity contribution in [2.75, 3.05) is 13.6 Å². The molecule has 20 heavy (non-hydrogen) atoms. The van der Waals surface area contributed by atoms with Gasteiger partial charge in [0.1, 0.15) is 0 Å². The molecule has 6 nitrogen and oxygen atoms in total. The van der Waals surface area contributed by atoms with Gasteiger partial charge in [0.25, 0.3) is 0 Å². The molecule has 0 fully saturated rings. The number of hydrogen-bond donors (Lipinski definition) is 3. The van der Waals surface area contributed by atoms with Crippen molar-refractivity contribution in [3.05, 3.63) is 35.4 Å². The molecule has 0 atom stereocenters. The number of rotatable bonds is 7. The van der Waals surface area contributed by atoms with Gasteiger partial charge in [0.15, 0.2) is 0 Å². The quantitative estimate of drug-likeness (QED) is 0.679. The van der Waals surface area contributed by atoms with E-state index in [1.807, 2.05) is 0 Å². The van der Waals surface area contributed by atoms with E-state index in [0.29, 0.717) is 12.0 Å². The maximum atomic E-state index is 11.6. The summed E-state index contributed by atoms with van der Waals surface area (Å²) in [4.78, 5) is 33.5. The molecule has 0 radical (unpaired) electrons. The van der Waals surface area contributed by atoms with Gasteiger partial charge < -0.3 is 15.7 Å². The van der Waals surface area contributed by atoms with E-state index in [9.17, 15) is 14.4 Å². The van der Waals surface area contributed by atoms with Gasteiger partial charge in [-0.25, -0.2) is 4.79 Å². The van der Waals surface area contributed by atoms with Crippen molar-refractivity contribution in [1.82, 2.24) is 10.6 Å². The van der Waals surface area contributed by atoms with Crippen molar-refractivity contribution in [2.45, 2.75) is 19.3 Å². The fraction of sp³-hybridized carbons (Fsp3) is 0.357. The molecule has 0 aliphatic heterocycles. The minimum absolute atomic E-state index is 0.137. The highest BCUT2D eigenvalue weighted by Crippen LogP contribution is 2.11. The lowest BCUT2D eigenvalue weighted by atomic mass is 10.0. The molecule has 1 aromatic carbocycles. The fourth-order valence-corrected chi connectivity index (χ4v) is 1.72. The van der Waals surface area contributed by atoms with Crippen LogP contribution in [0.5, 0.6) is 0 Å². The Kier molecular flexibility index (Phi) is 6.22. The largest absolute Gasteiger partial charge is 0.478 e. The number of aromatic carboxylic acids is 1. The zero-order valence-corrected chi connectivity index (χ0v) is 11.3. The van der Waals surface area contributed by atoms with Crippen LogP contribution in [0.25, 0.3) is 0 Å². The van der Waals surface area contributed by atoms with Crippen molar-refractivity contribution in [3.63, 3.8) is 0 Å². The molecular formula is C14H18N2O4. The van der Waals surface area contributed by atoms with Crippen molar-refractivity contribution < 1.29 is 19.5 Å². The van der Waals surface area contributed by atoms with Crippen LogP contribution in [0, 0.1) is 0 Å². The van der Waals surface area contributed by atoms with Crippen LogP contribution in [0.2, 0.25) is 0 Å². The summed E-state index contributed by atoms with van der Waals surface area (Å²) in [5.74, 6) is -1.34. The molecule has 1 aromatic rings. The highest BCUT2D eigenvalue weighted by atomic mass is 16.4. The van der Waals surface area contributed by atoms with E-state index in [0.717, 1.165) is 0 Å². The summed E-state index contributed by atoms with van der Waals surface area (Å²) in [6.07, 6.45) is 0.778. The van der Waals surface area contributed by atoms with Gasteiger partial charge in [-0.05, 0) is 18.1 Å². The zero-order valence-electron chi connectivity index (χ0n) is 11.3. The van der Waals surface area contributed by atoms with Gasteiger partial charge in [0.2, 0.25) is 11.8 Å². The molecule has 0 heterocycles. The maximum Gasteiger partial charge on any atom is 0.335 e. The monoisotopic (exact) mass is 278 g/mol. The molecular weight excluding hydrogens is 260 g/mol. The summed E-state index contributed by atoms with van der Waals surface area (Å²) in [7, 11) is 1.53. The Balaban J connectivity index is 2.41. The Morgan fingerprint density at radius 1 is 1.10 bits per heavy atom. The Morgan fingerprint density at radius 2 is 1.80 bits per heavy atom. The summed E-state index contributed by atoms with van der Waals surface area (Å²) in [6.45, 7) is 0.277. The first-order chi connectivity index (χ1) is 9.54. The Labute approximate surface area is 117 Å². The Hall–Kier alpha value is -2.37. The minimum Gasteiger partial charge on any atom is -0.478 e. The van der Waals surface area contributed by atoms with Crippen molar-refractivity contribution in [2.24, 2.45) is 0 Å². The van der Waals surface area contributed by atoms with E-state index in [4.69, 9.17) is 5.11 Å². The molecule has 2 amide bonds. The average Bonchev–Trinajstić information content (AvgIpc) is 2.45. The smallest absolute Gasteiger partial charge is 0.335 e. The second-order valence-electron chi connectivity index (χ2n) is 4.24.